The van der Waals surface area contributed by atoms with Gasteiger partial charge >= 0.3 is 0 Å². The second-order valence-corrected chi connectivity index (χ2v) is 7.10. The Morgan fingerprint density at radius 2 is 2.05 bits per heavy atom. The van der Waals surface area contributed by atoms with Crippen LogP contribution >= 0.6 is 9.39 Å². The SMILES string of the molecule is CCCCON[C@@H]1CC[C@@H](C(=O)NC2CCN(P)CC2)NC1. The zero-order valence-electron chi connectivity index (χ0n) is 13.6. The number of hydroxylamine groups is 1. The number of piperidine rings is 2. The summed E-state index contributed by atoms with van der Waals surface area (Å²) in [5.41, 5.74) is 3.10. The van der Waals surface area contributed by atoms with Gasteiger partial charge in [-0.1, -0.05) is 22.7 Å². The highest BCUT2D eigenvalue weighted by Crippen LogP contribution is 2.14. The first-order chi connectivity index (χ1) is 10.7. The van der Waals surface area contributed by atoms with Gasteiger partial charge in [0.25, 0.3) is 0 Å². The predicted octanol–water partition coefficient (Wildman–Crippen LogP) is 0.799. The maximum absolute atomic E-state index is 12.3. The van der Waals surface area contributed by atoms with Crippen molar-refractivity contribution in [2.24, 2.45) is 0 Å². The molecule has 0 saturated carbocycles. The Morgan fingerprint density at radius 1 is 1.27 bits per heavy atom. The van der Waals surface area contributed by atoms with Crippen molar-refractivity contribution in [1.29, 1.82) is 0 Å². The van der Waals surface area contributed by atoms with Gasteiger partial charge in [-0.25, -0.2) is 0 Å². The van der Waals surface area contributed by atoms with Gasteiger partial charge in [0.2, 0.25) is 5.91 Å². The minimum Gasteiger partial charge on any atom is -0.352 e. The second-order valence-electron chi connectivity index (χ2n) is 6.37. The van der Waals surface area contributed by atoms with Crippen LogP contribution in [-0.4, -0.2) is 54.9 Å². The molecule has 6 nitrogen and oxygen atoms in total. The molecule has 0 aromatic heterocycles. The molecule has 0 aromatic rings. The molecule has 128 valence electrons. The molecule has 1 amide bonds. The molecule has 0 radical (unpaired) electrons. The summed E-state index contributed by atoms with van der Waals surface area (Å²) in [5.74, 6) is 0.160. The van der Waals surface area contributed by atoms with E-state index in [1.165, 1.54) is 0 Å². The third kappa shape index (κ3) is 6.09. The third-order valence-corrected chi connectivity index (χ3v) is 4.97. The summed E-state index contributed by atoms with van der Waals surface area (Å²) in [5, 5.41) is 6.53. The molecule has 22 heavy (non-hydrogen) atoms. The summed E-state index contributed by atoms with van der Waals surface area (Å²) in [7, 11) is 2.74. The fourth-order valence-corrected chi connectivity index (χ4v) is 3.22. The number of hydrogen-bond donors (Lipinski definition) is 3. The lowest BCUT2D eigenvalue weighted by molar-refractivity contribution is -0.125. The van der Waals surface area contributed by atoms with E-state index in [9.17, 15) is 4.79 Å². The Balaban J connectivity index is 1.60. The molecule has 3 atom stereocenters. The van der Waals surface area contributed by atoms with Crippen molar-refractivity contribution in [3.63, 3.8) is 0 Å². The molecule has 0 bridgehead atoms. The maximum Gasteiger partial charge on any atom is 0.237 e. The van der Waals surface area contributed by atoms with Crippen molar-refractivity contribution < 1.29 is 9.63 Å². The van der Waals surface area contributed by atoms with Gasteiger partial charge < -0.3 is 15.5 Å². The fraction of sp³-hybridized carbons (Fsp3) is 0.933. The first-order valence-corrected chi connectivity index (χ1v) is 9.11. The van der Waals surface area contributed by atoms with E-state index in [1.54, 1.807) is 0 Å². The van der Waals surface area contributed by atoms with Crippen molar-refractivity contribution in [1.82, 2.24) is 20.8 Å². The van der Waals surface area contributed by atoms with Crippen molar-refractivity contribution in [2.75, 3.05) is 26.2 Å². The van der Waals surface area contributed by atoms with Gasteiger partial charge in [0, 0.05) is 31.7 Å². The number of nitrogens with zero attached hydrogens (tertiary/aromatic N) is 1. The standard InChI is InChI=1S/C15H31N4O2P/c1-2-3-10-21-18-13-4-5-14(16-11-13)15(20)17-12-6-8-19(22)9-7-12/h12-14,16,18H,2-11,22H2,1H3,(H,17,20)/t13-,14+/m1/s1. The van der Waals surface area contributed by atoms with Crippen LogP contribution in [0.5, 0.6) is 0 Å². The Bertz CT molecular complexity index is 330. The predicted molar refractivity (Wildman–Crippen MR) is 91.3 cm³/mol. The van der Waals surface area contributed by atoms with Crippen LogP contribution in [0.4, 0.5) is 0 Å². The summed E-state index contributed by atoms with van der Waals surface area (Å²) in [6.07, 6.45) is 6.13. The van der Waals surface area contributed by atoms with Crippen LogP contribution in [0.3, 0.4) is 0 Å². The zero-order valence-corrected chi connectivity index (χ0v) is 14.8. The highest BCUT2D eigenvalue weighted by molar-refractivity contribution is 7.13. The van der Waals surface area contributed by atoms with E-state index in [2.05, 4.69) is 37.1 Å². The monoisotopic (exact) mass is 330 g/mol. The maximum atomic E-state index is 12.3. The largest absolute Gasteiger partial charge is 0.352 e. The number of carbonyl (C=O) groups is 1. The van der Waals surface area contributed by atoms with Crippen LogP contribution in [0, 0.1) is 0 Å². The summed E-state index contributed by atoms with van der Waals surface area (Å²) in [6, 6.07) is 0.586. The molecule has 7 heteroatoms. The number of nitrogens with one attached hydrogen (secondary N) is 3. The van der Waals surface area contributed by atoms with Crippen molar-refractivity contribution in [3.8, 4) is 0 Å². The average molecular weight is 330 g/mol. The Kier molecular flexibility index (Phi) is 8.04. The Hall–Kier alpha value is -0.260. The first kappa shape index (κ1) is 18.1. The molecule has 2 heterocycles. The molecule has 3 N–H and O–H groups in total. The smallest absolute Gasteiger partial charge is 0.237 e. The lowest BCUT2D eigenvalue weighted by atomic mass is 9.99. The minimum absolute atomic E-state index is 0.0530. The number of amides is 1. The normalized spacial score (nSPS) is 27.7. The van der Waals surface area contributed by atoms with Crippen LogP contribution in [0.25, 0.3) is 0 Å². The summed E-state index contributed by atoms with van der Waals surface area (Å²) >= 11 is 0. The summed E-state index contributed by atoms with van der Waals surface area (Å²) in [4.78, 5) is 17.8. The van der Waals surface area contributed by atoms with Gasteiger partial charge in [-0.15, -0.1) is 0 Å². The van der Waals surface area contributed by atoms with Gasteiger partial charge in [0.15, 0.2) is 0 Å². The summed E-state index contributed by atoms with van der Waals surface area (Å²) in [6.45, 7) is 5.76. The van der Waals surface area contributed by atoms with E-state index in [1.807, 2.05) is 0 Å². The molecule has 0 spiro atoms. The molecule has 2 aliphatic rings. The first-order valence-electron chi connectivity index (χ1n) is 8.59. The molecule has 0 aromatic carbocycles. The average Bonchev–Trinajstić information content (AvgIpc) is 2.54. The van der Waals surface area contributed by atoms with E-state index in [4.69, 9.17) is 4.84 Å². The topological polar surface area (TPSA) is 65.6 Å². The third-order valence-electron chi connectivity index (χ3n) is 4.46. The molecular formula is C15H31N4O2P. The summed E-state index contributed by atoms with van der Waals surface area (Å²) < 4.78 is 2.23. The number of carbonyl (C=O) groups excluding carboxylic acids is 1. The van der Waals surface area contributed by atoms with E-state index in [0.29, 0.717) is 12.1 Å². The van der Waals surface area contributed by atoms with E-state index in [-0.39, 0.29) is 11.9 Å². The minimum atomic E-state index is -0.0530. The molecule has 0 aliphatic carbocycles. The van der Waals surface area contributed by atoms with Crippen molar-refractivity contribution in [2.45, 2.75) is 63.6 Å². The lowest BCUT2D eigenvalue weighted by Crippen LogP contribution is -2.55. The van der Waals surface area contributed by atoms with E-state index >= 15 is 0 Å². The number of rotatable bonds is 7. The van der Waals surface area contributed by atoms with Crippen LogP contribution in [0.15, 0.2) is 0 Å². The second kappa shape index (κ2) is 9.78. The quantitative estimate of drug-likeness (QED) is 0.366. The van der Waals surface area contributed by atoms with Gasteiger partial charge in [0.05, 0.1) is 12.6 Å². The molecular weight excluding hydrogens is 299 g/mol. The molecule has 2 rings (SSSR count). The lowest BCUT2D eigenvalue weighted by Gasteiger charge is -2.33. The molecule has 2 aliphatic heterocycles. The van der Waals surface area contributed by atoms with Gasteiger partial charge in [0.1, 0.15) is 0 Å². The van der Waals surface area contributed by atoms with Gasteiger partial charge in [-0.2, -0.15) is 5.48 Å². The van der Waals surface area contributed by atoms with Crippen LogP contribution in [0.1, 0.15) is 45.4 Å². The van der Waals surface area contributed by atoms with E-state index in [0.717, 1.165) is 64.8 Å². The Morgan fingerprint density at radius 3 is 2.68 bits per heavy atom. The molecule has 2 saturated heterocycles. The number of unbranched alkanes of at least 4 members (excludes halogenated alkanes) is 1. The van der Waals surface area contributed by atoms with E-state index < -0.39 is 0 Å². The Labute approximate surface area is 136 Å². The fourth-order valence-electron chi connectivity index (χ4n) is 2.92. The van der Waals surface area contributed by atoms with Gasteiger partial charge in [-0.05, 0) is 32.1 Å². The van der Waals surface area contributed by atoms with Gasteiger partial charge in [-0.3, -0.25) is 9.46 Å². The molecule has 2 fully saturated rings. The zero-order chi connectivity index (χ0) is 15.8. The highest BCUT2D eigenvalue weighted by Gasteiger charge is 2.28. The van der Waals surface area contributed by atoms with Crippen LogP contribution < -0.4 is 16.1 Å². The highest BCUT2D eigenvalue weighted by atomic mass is 31.0. The number of hydrogen-bond acceptors (Lipinski definition) is 5. The van der Waals surface area contributed by atoms with Crippen molar-refractivity contribution in [3.05, 3.63) is 0 Å². The van der Waals surface area contributed by atoms with Crippen LogP contribution in [0.2, 0.25) is 0 Å². The molecule has 1 unspecified atom stereocenters. The van der Waals surface area contributed by atoms with Crippen LogP contribution in [-0.2, 0) is 9.63 Å². The van der Waals surface area contributed by atoms with Crippen molar-refractivity contribution >= 4 is 15.3 Å².